The second kappa shape index (κ2) is 6.60. The normalized spacial score (nSPS) is 16.3. The molecular weight excluding hydrogens is 279 g/mol. The van der Waals surface area contributed by atoms with Crippen LogP contribution in [-0.4, -0.2) is 34.4 Å². The van der Waals surface area contributed by atoms with Gasteiger partial charge in [0.25, 0.3) is 0 Å². The molecule has 0 bridgehead atoms. The van der Waals surface area contributed by atoms with Gasteiger partial charge >= 0.3 is 5.97 Å². The van der Waals surface area contributed by atoms with Crippen LogP contribution in [0, 0.1) is 0 Å². The first kappa shape index (κ1) is 14.8. The van der Waals surface area contributed by atoms with Crippen LogP contribution in [0.25, 0.3) is 0 Å². The van der Waals surface area contributed by atoms with Gasteiger partial charge < -0.3 is 0 Å². The van der Waals surface area contributed by atoms with Crippen molar-refractivity contribution in [2.75, 3.05) is 12.8 Å². The van der Waals surface area contributed by atoms with Gasteiger partial charge in [-0.15, -0.1) is 11.8 Å². The van der Waals surface area contributed by atoms with Crippen LogP contribution in [0.15, 0.2) is 27.9 Å². The lowest BCUT2D eigenvalue weighted by atomic mass is 10.2. The summed E-state index contributed by atoms with van der Waals surface area (Å²) < 4.78 is 12.7. The molecule has 0 aromatic rings. The third-order valence-electron chi connectivity index (χ3n) is 2.08. The van der Waals surface area contributed by atoms with Crippen LogP contribution >= 0.6 is 23.5 Å². The number of carbonyl (C=O) groups excluding carboxylic acids is 2. The second-order valence-electron chi connectivity index (χ2n) is 3.06. The van der Waals surface area contributed by atoms with Crippen molar-refractivity contribution in [1.29, 1.82) is 0 Å². The highest BCUT2D eigenvalue weighted by Gasteiger charge is 2.28. The number of nitrogens with zero attached hydrogens (tertiary/aromatic N) is 2. The number of likely N-dealkylation sites (N-methyl/N-ethyl adjacent to an activating group) is 1. The van der Waals surface area contributed by atoms with Gasteiger partial charge in [0.2, 0.25) is 0 Å². The molecule has 18 heavy (non-hydrogen) atoms. The highest BCUT2D eigenvalue weighted by molar-refractivity contribution is 8.40. The quantitative estimate of drug-likeness (QED) is 0.742. The molecule has 8 heteroatoms. The fourth-order valence-corrected chi connectivity index (χ4v) is 2.71. The van der Waals surface area contributed by atoms with Crippen molar-refractivity contribution in [1.82, 2.24) is 5.01 Å². The zero-order chi connectivity index (χ0) is 13.7. The van der Waals surface area contributed by atoms with Crippen molar-refractivity contribution in [2.45, 2.75) is 6.92 Å². The fraction of sp³-hybridized carbons (Fsp3) is 0.300. The van der Waals surface area contributed by atoms with Crippen LogP contribution in [0.2, 0.25) is 0 Å². The largest absolute Gasteiger partial charge is 0.398 e. The molecule has 0 radical (unpaired) electrons. The average Bonchev–Trinajstić information content (AvgIpc) is 2.53. The first-order valence-electron chi connectivity index (χ1n) is 4.88. The maximum absolute atomic E-state index is 12.1. The number of hydrazone groups is 1. The Hall–Kier alpha value is -1.28. The number of rotatable bonds is 3. The van der Waals surface area contributed by atoms with Crippen LogP contribution in [0.4, 0.5) is 4.53 Å². The van der Waals surface area contributed by atoms with Gasteiger partial charge in [0.05, 0.1) is 5.57 Å². The Bertz CT molecular complexity index is 448. The number of carbonyl (C=O) groups is 2. The Kier molecular flexibility index (Phi) is 5.42. The number of hydrogen-bond donors (Lipinski definition) is 0. The zero-order valence-electron chi connectivity index (χ0n) is 9.81. The maximum Gasteiger partial charge on any atom is 0.398 e. The Morgan fingerprint density at radius 1 is 1.72 bits per heavy atom. The molecule has 1 rings (SSSR count). The number of allylic oxidation sites excluding steroid dienone is 1. The molecule has 0 saturated heterocycles. The SMILES string of the molecule is C=C1SC(SC)=NN(CC)C(C(=O)OF)=C1C=O. The van der Waals surface area contributed by atoms with E-state index < -0.39 is 5.97 Å². The summed E-state index contributed by atoms with van der Waals surface area (Å²) in [6.45, 7) is 5.69. The van der Waals surface area contributed by atoms with Gasteiger partial charge in [-0.2, -0.15) is 5.10 Å². The van der Waals surface area contributed by atoms with E-state index in [-0.39, 0.29) is 11.3 Å². The summed E-state index contributed by atoms with van der Waals surface area (Å²) >= 11 is 2.49. The fourth-order valence-electron chi connectivity index (χ4n) is 1.29. The third kappa shape index (κ3) is 2.94. The van der Waals surface area contributed by atoms with Crippen molar-refractivity contribution in [3.05, 3.63) is 22.8 Å². The van der Waals surface area contributed by atoms with Gasteiger partial charge in [0.15, 0.2) is 16.4 Å². The molecule has 0 amide bonds. The van der Waals surface area contributed by atoms with Crippen molar-refractivity contribution in [3.63, 3.8) is 0 Å². The van der Waals surface area contributed by atoms with Crippen LogP contribution in [0.3, 0.4) is 0 Å². The van der Waals surface area contributed by atoms with E-state index in [4.69, 9.17) is 0 Å². The van der Waals surface area contributed by atoms with Gasteiger partial charge in [-0.1, -0.05) is 18.3 Å². The summed E-state index contributed by atoms with van der Waals surface area (Å²) in [5.74, 6) is -1.26. The average molecular weight is 290 g/mol. The molecule has 0 spiro atoms. The zero-order valence-corrected chi connectivity index (χ0v) is 11.4. The standard InChI is InChI=1S/C10H11FN2O3S2/c1-4-13-8(9(15)16-11)7(5-14)6(2)18-10(12-13)17-3/h5H,2,4H2,1,3H3. The van der Waals surface area contributed by atoms with E-state index in [1.54, 1.807) is 13.2 Å². The minimum absolute atomic E-state index is 0.0164. The molecule has 1 heterocycles. The molecule has 0 aromatic heterocycles. The summed E-state index contributed by atoms with van der Waals surface area (Å²) in [6, 6.07) is 0. The van der Waals surface area contributed by atoms with Gasteiger partial charge in [-0.05, 0) is 13.2 Å². The van der Waals surface area contributed by atoms with E-state index in [1.807, 2.05) is 0 Å². The lowest BCUT2D eigenvalue weighted by molar-refractivity contribution is -0.180. The third-order valence-corrected chi connectivity index (χ3v) is 3.99. The highest BCUT2D eigenvalue weighted by Crippen LogP contribution is 2.33. The van der Waals surface area contributed by atoms with Gasteiger partial charge in [-0.3, -0.25) is 9.80 Å². The first-order chi connectivity index (χ1) is 8.58. The lowest BCUT2D eigenvalue weighted by Gasteiger charge is -2.17. The van der Waals surface area contributed by atoms with Crippen molar-refractivity contribution in [3.8, 4) is 0 Å². The molecule has 5 nitrogen and oxygen atoms in total. The minimum Gasteiger partial charge on any atom is -0.298 e. The van der Waals surface area contributed by atoms with Crippen LogP contribution in [-0.2, 0) is 14.5 Å². The molecule has 0 saturated carbocycles. The molecule has 0 aromatic carbocycles. The minimum atomic E-state index is -1.26. The monoisotopic (exact) mass is 290 g/mol. The highest BCUT2D eigenvalue weighted by atomic mass is 32.2. The molecule has 1 aliphatic rings. The van der Waals surface area contributed by atoms with Crippen molar-refractivity contribution in [2.24, 2.45) is 5.10 Å². The van der Waals surface area contributed by atoms with E-state index in [9.17, 15) is 14.1 Å². The van der Waals surface area contributed by atoms with Gasteiger partial charge in [0, 0.05) is 16.0 Å². The molecule has 98 valence electrons. The number of hydrogen-bond acceptors (Lipinski definition) is 7. The predicted molar refractivity (Wildman–Crippen MR) is 70.4 cm³/mol. The molecule has 0 unspecified atom stereocenters. The topological polar surface area (TPSA) is 59.0 Å². The molecule has 0 fully saturated rings. The molecule has 0 atom stereocenters. The molecule has 0 aliphatic carbocycles. The Morgan fingerprint density at radius 2 is 2.39 bits per heavy atom. The number of halogens is 1. The van der Waals surface area contributed by atoms with E-state index >= 15 is 0 Å². The van der Waals surface area contributed by atoms with E-state index in [2.05, 4.69) is 16.6 Å². The summed E-state index contributed by atoms with van der Waals surface area (Å²) in [5.41, 5.74) is -0.256. The summed E-state index contributed by atoms with van der Waals surface area (Å²) in [6.07, 6.45) is 2.25. The van der Waals surface area contributed by atoms with Gasteiger partial charge in [0.1, 0.15) is 0 Å². The van der Waals surface area contributed by atoms with Crippen molar-refractivity contribution < 1.29 is 19.1 Å². The number of thioether (sulfide) groups is 2. The Morgan fingerprint density at radius 3 is 2.83 bits per heavy atom. The maximum atomic E-state index is 12.1. The molecular formula is C10H11FN2O3S2. The molecule has 1 aliphatic heterocycles. The number of aldehydes is 1. The van der Waals surface area contributed by atoms with Gasteiger partial charge in [-0.25, -0.2) is 9.74 Å². The van der Waals surface area contributed by atoms with E-state index in [1.165, 1.54) is 16.8 Å². The Balaban J connectivity index is 3.38. The van der Waals surface area contributed by atoms with E-state index in [0.29, 0.717) is 22.1 Å². The Labute approximate surface area is 112 Å². The van der Waals surface area contributed by atoms with Crippen molar-refractivity contribution >= 4 is 40.2 Å². The predicted octanol–water partition coefficient (Wildman–Crippen LogP) is 2.08. The second-order valence-corrected chi connectivity index (χ2v) is 5.19. The summed E-state index contributed by atoms with van der Waals surface area (Å²) in [7, 11) is 0. The van der Waals surface area contributed by atoms with E-state index in [0.717, 1.165) is 11.8 Å². The summed E-state index contributed by atoms with van der Waals surface area (Å²) in [4.78, 5) is 26.0. The van der Waals surface area contributed by atoms with Crippen LogP contribution in [0.1, 0.15) is 6.92 Å². The lowest BCUT2D eigenvalue weighted by Crippen LogP contribution is -2.25. The summed E-state index contributed by atoms with van der Waals surface area (Å²) in [5, 5.41) is 5.37. The molecule has 0 N–H and O–H groups in total. The van der Waals surface area contributed by atoms with Crippen LogP contribution in [0.5, 0.6) is 0 Å². The van der Waals surface area contributed by atoms with Crippen LogP contribution < -0.4 is 0 Å². The smallest absolute Gasteiger partial charge is 0.298 e. The first-order valence-corrected chi connectivity index (χ1v) is 6.92.